The second-order valence-electron chi connectivity index (χ2n) is 4.78. The van der Waals surface area contributed by atoms with Crippen molar-refractivity contribution in [2.24, 2.45) is 5.41 Å². The number of hydrogen-bond acceptors (Lipinski definition) is 4. The van der Waals surface area contributed by atoms with Gasteiger partial charge in [-0.15, -0.1) is 0 Å². The lowest BCUT2D eigenvalue weighted by Gasteiger charge is -2.27. The minimum absolute atomic E-state index is 0.0551. The van der Waals surface area contributed by atoms with Crippen molar-refractivity contribution >= 4 is 5.91 Å². The molecular formula is C12H24N2O3. The number of nitrogens with one attached hydrogen (secondary N) is 2. The molecule has 5 nitrogen and oxygen atoms in total. The van der Waals surface area contributed by atoms with Gasteiger partial charge in [0.25, 0.3) is 0 Å². The number of aliphatic hydroxyl groups excluding tert-OH is 1. The summed E-state index contributed by atoms with van der Waals surface area (Å²) in [6.07, 6.45) is 2.15. The maximum Gasteiger partial charge on any atom is 0.227 e. The molecule has 2 unspecified atom stereocenters. The van der Waals surface area contributed by atoms with Crippen LogP contribution >= 0.6 is 0 Å². The second kappa shape index (κ2) is 6.93. The third kappa shape index (κ3) is 3.94. The topological polar surface area (TPSA) is 70.6 Å². The Morgan fingerprint density at radius 3 is 2.94 bits per heavy atom. The summed E-state index contributed by atoms with van der Waals surface area (Å²) >= 11 is 0. The molecule has 2 atom stereocenters. The number of carbonyl (C=O) groups is 1. The number of aliphatic hydroxyl groups is 1. The van der Waals surface area contributed by atoms with Crippen LogP contribution in [-0.4, -0.2) is 50.5 Å². The smallest absolute Gasteiger partial charge is 0.227 e. The first-order valence-corrected chi connectivity index (χ1v) is 6.30. The van der Waals surface area contributed by atoms with Crippen molar-refractivity contribution in [3.05, 3.63) is 0 Å². The predicted molar refractivity (Wildman–Crippen MR) is 65.7 cm³/mol. The van der Waals surface area contributed by atoms with E-state index in [1.807, 2.05) is 0 Å². The summed E-state index contributed by atoms with van der Waals surface area (Å²) in [6, 6.07) is 0. The Balaban J connectivity index is 2.43. The second-order valence-corrected chi connectivity index (χ2v) is 4.78. The molecule has 17 heavy (non-hydrogen) atoms. The molecule has 0 bridgehead atoms. The van der Waals surface area contributed by atoms with E-state index in [4.69, 9.17) is 4.74 Å². The van der Waals surface area contributed by atoms with E-state index in [0.29, 0.717) is 0 Å². The molecule has 0 aromatic heterocycles. The van der Waals surface area contributed by atoms with Gasteiger partial charge in [0.15, 0.2) is 0 Å². The van der Waals surface area contributed by atoms with Crippen LogP contribution in [0, 0.1) is 5.41 Å². The summed E-state index contributed by atoms with van der Waals surface area (Å²) in [4.78, 5) is 12.2. The van der Waals surface area contributed by atoms with Crippen LogP contribution in [0.15, 0.2) is 0 Å². The molecule has 1 rings (SSSR count). The molecule has 5 heteroatoms. The summed E-state index contributed by atoms with van der Waals surface area (Å²) in [5.41, 5.74) is -0.276. The van der Waals surface area contributed by atoms with Crippen molar-refractivity contribution < 1.29 is 14.6 Å². The molecule has 1 aliphatic rings. The van der Waals surface area contributed by atoms with E-state index in [1.165, 1.54) is 7.11 Å². The number of rotatable bonds is 7. The van der Waals surface area contributed by atoms with Gasteiger partial charge in [0.1, 0.15) is 0 Å². The maximum absolute atomic E-state index is 12.2. The molecule has 0 saturated carbocycles. The zero-order valence-corrected chi connectivity index (χ0v) is 10.8. The molecule has 0 aliphatic carbocycles. The van der Waals surface area contributed by atoms with Gasteiger partial charge in [-0.25, -0.2) is 0 Å². The van der Waals surface area contributed by atoms with Crippen LogP contribution in [0.5, 0.6) is 0 Å². The lowest BCUT2D eigenvalue weighted by Crippen LogP contribution is -2.45. The molecule has 0 aromatic rings. The first-order chi connectivity index (χ1) is 8.14. The van der Waals surface area contributed by atoms with Crippen LogP contribution in [0.3, 0.4) is 0 Å². The monoisotopic (exact) mass is 244 g/mol. The summed E-state index contributed by atoms with van der Waals surface area (Å²) in [5.74, 6) is 0.0551. The third-order valence-corrected chi connectivity index (χ3v) is 3.31. The van der Waals surface area contributed by atoms with E-state index in [2.05, 4.69) is 17.6 Å². The Bertz CT molecular complexity index is 240. The van der Waals surface area contributed by atoms with Crippen molar-refractivity contribution in [1.82, 2.24) is 10.6 Å². The van der Waals surface area contributed by atoms with Gasteiger partial charge in [0, 0.05) is 20.2 Å². The minimum Gasteiger partial charge on any atom is -0.389 e. The van der Waals surface area contributed by atoms with Crippen molar-refractivity contribution in [1.29, 1.82) is 0 Å². The number of carbonyl (C=O) groups excluding carboxylic acids is 1. The fraction of sp³-hybridized carbons (Fsp3) is 0.917. The van der Waals surface area contributed by atoms with Gasteiger partial charge in [0.05, 0.1) is 18.1 Å². The molecule has 0 radical (unpaired) electrons. The van der Waals surface area contributed by atoms with Gasteiger partial charge in [-0.3, -0.25) is 4.79 Å². The van der Waals surface area contributed by atoms with Gasteiger partial charge >= 0.3 is 0 Å². The van der Waals surface area contributed by atoms with Crippen LogP contribution in [0.1, 0.15) is 26.2 Å². The molecule has 3 N–H and O–H groups in total. The molecule has 1 amide bonds. The van der Waals surface area contributed by atoms with E-state index in [-0.39, 0.29) is 24.5 Å². The molecule has 1 fully saturated rings. The highest BCUT2D eigenvalue weighted by molar-refractivity contribution is 5.83. The third-order valence-electron chi connectivity index (χ3n) is 3.31. The first kappa shape index (κ1) is 14.4. The normalized spacial score (nSPS) is 25.8. The van der Waals surface area contributed by atoms with E-state index in [1.54, 1.807) is 0 Å². The quantitative estimate of drug-likeness (QED) is 0.584. The van der Waals surface area contributed by atoms with Crippen molar-refractivity contribution in [2.45, 2.75) is 32.3 Å². The van der Waals surface area contributed by atoms with Gasteiger partial charge in [-0.05, 0) is 19.4 Å². The van der Waals surface area contributed by atoms with Crippen LogP contribution in [0.4, 0.5) is 0 Å². The summed E-state index contributed by atoms with van der Waals surface area (Å²) < 4.78 is 4.82. The Morgan fingerprint density at radius 2 is 2.41 bits per heavy atom. The lowest BCUT2D eigenvalue weighted by atomic mass is 9.81. The molecule has 1 aliphatic heterocycles. The summed E-state index contributed by atoms with van der Waals surface area (Å²) in [7, 11) is 1.53. The Kier molecular flexibility index (Phi) is 5.88. The zero-order valence-electron chi connectivity index (χ0n) is 10.8. The van der Waals surface area contributed by atoms with Gasteiger partial charge in [0.2, 0.25) is 5.91 Å². The Hall–Kier alpha value is -0.650. The Labute approximate surface area is 103 Å². The van der Waals surface area contributed by atoms with Gasteiger partial charge in [-0.1, -0.05) is 13.3 Å². The zero-order chi connectivity index (χ0) is 12.7. The van der Waals surface area contributed by atoms with E-state index in [0.717, 1.165) is 32.4 Å². The highest BCUT2D eigenvalue weighted by Crippen LogP contribution is 2.31. The minimum atomic E-state index is -0.628. The molecule has 0 spiro atoms. The van der Waals surface area contributed by atoms with Crippen molar-refractivity contribution in [3.63, 3.8) is 0 Å². The van der Waals surface area contributed by atoms with Crippen LogP contribution < -0.4 is 10.6 Å². The first-order valence-electron chi connectivity index (χ1n) is 6.30. The molecular weight excluding hydrogens is 220 g/mol. The highest BCUT2D eigenvalue weighted by Gasteiger charge is 2.40. The molecule has 0 aromatic carbocycles. The number of ether oxygens (including phenoxy) is 1. The Morgan fingerprint density at radius 1 is 1.65 bits per heavy atom. The largest absolute Gasteiger partial charge is 0.389 e. The summed E-state index contributed by atoms with van der Waals surface area (Å²) in [6.45, 7) is 4.24. The number of amides is 1. The van der Waals surface area contributed by atoms with Crippen LogP contribution in [0.2, 0.25) is 0 Å². The highest BCUT2D eigenvalue weighted by atomic mass is 16.5. The van der Waals surface area contributed by atoms with Crippen LogP contribution in [0.25, 0.3) is 0 Å². The van der Waals surface area contributed by atoms with Crippen molar-refractivity contribution in [2.75, 3.05) is 33.4 Å². The standard InChI is InChI=1S/C12H24N2O3/c1-3-4-12(5-6-13-9-12)11(16)14-7-10(15)8-17-2/h10,13,15H,3-9H2,1-2H3,(H,14,16). The van der Waals surface area contributed by atoms with Crippen molar-refractivity contribution in [3.8, 4) is 0 Å². The van der Waals surface area contributed by atoms with E-state index >= 15 is 0 Å². The molecule has 1 saturated heterocycles. The fourth-order valence-electron chi connectivity index (χ4n) is 2.39. The number of methoxy groups -OCH3 is 1. The summed E-state index contributed by atoms with van der Waals surface area (Å²) in [5, 5.41) is 15.6. The number of hydrogen-bond donors (Lipinski definition) is 3. The van der Waals surface area contributed by atoms with Gasteiger partial charge < -0.3 is 20.5 Å². The molecule has 100 valence electrons. The van der Waals surface area contributed by atoms with Crippen LogP contribution in [-0.2, 0) is 9.53 Å². The molecule has 1 heterocycles. The van der Waals surface area contributed by atoms with E-state index < -0.39 is 6.10 Å². The maximum atomic E-state index is 12.2. The average molecular weight is 244 g/mol. The predicted octanol–water partition coefficient (Wildman–Crippen LogP) is -0.110. The van der Waals surface area contributed by atoms with E-state index in [9.17, 15) is 9.90 Å². The van der Waals surface area contributed by atoms with Gasteiger partial charge in [-0.2, -0.15) is 0 Å². The average Bonchev–Trinajstić information content (AvgIpc) is 2.77. The SMILES string of the molecule is CCCC1(C(=O)NCC(O)COC)CCNC1. The lowest BCUT2D eigenvalue weighted by molar-refractivity contribution is -0.131. The fourth-order valence-corrected chi connectivity index (χ4v) is 2.39.